The number of anilines is 1. The fraction of sp³-hybridized carbons (Fsp3) is 0.500. The second-order valence-electron chi connectivity index (χ2n) is 4.92. The van der Waals surface area contributed by atoms with E-state index in [0.29, 0.717) is 16.1 Å². The Morgan fingerprint density at radius 1 is 1.39 bits per heavy atom. The summed E-state index contributed by atoms with van der Waals surface area (Å²) in [6, 6.07) is 6.35. The van der Waals surface area contributed by atoms with Crippen LogP contribution >= 0.6 is 23.8 Å². The lowest BCUT2D eigenvalue weighted by Crippen LogP contribution is -2.34. The van der Waals surface area contributed by atoms with E-state index in [9.17, 15) is 0 Å². The van der Waals surface area contributed by atoms with Crippen molar-refractivity contribution in [2.75, 3.05) is 11.4 Å². The molecule has 0 radical (unpaired) electrons. The van der Waals surface area contributed by atoms with Gasteiger partial charge in [0, 0.05) is 28.9 Å². The summed E-state index contributed by atoms with van der Waals surface area (Å²) in [4.78, 5) is 2.83. The maximum Gasteiger partial charge on any atom is 0.106 e. The molecule has 2 rings (SSSR count). The number of hydrogen-bond acceptors (Lipinski definition) is 2. The number of thiocarbonyl (C=S) groups is 1. The van der Waals surface area contributed by atoms with Crippen LogP contribution in [0, 0.1) is 0 Å². The molecule has 0 saturated carbocycles. The highest BCUT2D eigenvalue weighted by Crippen LogP contribution is 2.29. The van der Waals surface area contributed by atoms with Crippen molar-refractivity contribution >= 4 is 34.5 Å². The van der Waals surface area contributed by atoms with Crippen molar-refractivity contribution in [1.29, 1.82) is 0 Å². The smallest absolute Gasteiger partial charge is 0.106 e. The third kappa shape index (κ3) is 2.96. The SMILES string of the molecule is CC1CCCCCN1c1ccc(Cl)cc1C(N)=S. The van der Waals surface area contributed by atoms with Crippen molar-refractivity contribution in [3.63, 3.8) is 0 Å². The van der Waals surface area contributed by atoms with Crippen LogP contribution in [0.3, 0.4) is 0 Å². The predicted octanol–water partition coefficient (Wildman–Crippen LogP) is 3.74. The van der Waals surface area contributed by atoms with Gasteiger partial charge < -0.3 is 10.6 Å². The second-order valence-corrected chi connectivity index (χ2v) is 5.79. The summed E-state index contributed by atoms with van der Waals surface area (Å²) in [7, 11) is 0. The van der Waals surface area contributed by atoms with Crippen molar-refractivity contribution in [2.45, 2.75) is 38.6 Å². The molecule has 0 aliphatic carbocycles. The van der Waals surface area contributed by atoms with Gasteiger partial charge in [0.25, 0.3) is 0 Å². The average molecular weight is 283 g/mol. The summed E-state index contributed by atoms with van der Waals surface area (Å²) >= 11 is 11.2. The Bertz CT molecular complexity index is 447. The highest BCUT2D eigenvalue weighted by Gasteiger charge is 2.20. The molecule has 1 aliphatic rings. The van der Waals surface area contributed by atoms with E-state index >= 15 is 0 Å². The van der Waals surface area contributed by atoms with E-state index in [4.69, 9.17) is 29.6 Å². The molecular weight excluding hydrogens is 264 g/mol. The molecule has 1 aromatic carbocycles. The molecule has 1 unspecified atom stereocenters. The van der Waals surface area contributed by atoms with Crippen molar-refractivity contribution in [1.82, 2.24) is 0 Å². The number of nitrogens with zero attached hydrogens (tertiary/aromatic N) is 1. The zero-order chi connectivity index (χ0) is 13.1. The minimum atomic E-state index is 0.420. The van der Waals surface area contributed by atoms with Crippen LogP contribution in [0.1, 0.15) is 38.2 Å². The third-order valence-electron chi connectivity index (χ3n) is 3.59. The monoisotopic (exact) mass is 282 g/mol. The molecule has 0 spiro atoms. The molecular formula is C14H19ClN2S. The van der Waals surface area contributed by atoms with Gasteiger partial charge >= 0.3 is 0 Å². The molecule has 1 heterocycles. The number of rotatable bonds is 2. The summed E-state index contributed by atoms with van der Waals surface area (Å²) in [5.74, 6) is 0. The van der Waals surface area contributed by atoms with Gasteiger partial charge in [0.2, 0.25) is 0 Å². The van der Waals surface area contributed by atoms with Gasteiger partial charge in [-0.3, -0.25) is 0 Å². The maximum atomic E-state index is 6.03. The lowest BCUT2D eigenvalue weighted by Gasteiger charge is -2.31. The molecule has 18 heavy (non-hydrogen) atoms. The van der Waals surface area contributed by atoms with Crippen LogP contribution in [0.15, 0.2) is 18.2 Å². The molecule has 0 aromatic heterocycles. The molecule has 1 aliphatic heterocycles. The van der Waals surface area contributed by atoms with Crippen LogP contribution in [-0.2, 0) is 0 Å². The van der Waals surface area contributed by atoms with Crippen molar-refractivity contribution in [3.8, 4) is 0 Å². The van der Waals surface area contributed by atoms with E-state index in [-0.39, 0.29) is 0 Å². The van der Waals surface area contributed by atoms with Gasteiger partial charge in [-0.25, -0.2) is 0 Å². The Labute approximate surface area is 119 Å². The minimum Gasteiger partial charge on any atom is -0.389 e. The van der Waals surface area contributed by atoms with Crippen LogP contribution in [0.4, 0.5) is 5.69 Å². The van der Waals surface area contributed by atoms with Crippen LogP contribution in [0.25, 0.3) is 0 Å². The van der Waals surface area contributed by atoms with Crippen LogP contribution in [0.5, 0.6) is 0 Å². The predicted molar refractivity (Wildman–Crippen MR) is 82.6 cm³/mol. The zero-order valence-corrected chi connectivity index (χ0v) is 12.2. The highest BCUT2D eigenvalue weighted by atomic mass is 35.5. The molecule has 1 saturated heterocycles. The zero-order valence-electron chi connectivity index (χ0n) is 10.7. The standard InChI is InChI=1S/C14H19ClN2S/c1-10-5-3-2-4-8-17(10)13-7-6-11(15)9-12(13)14(16)18/h6-7,9-10H,2-5,8H2,1H3,(H2,16,18). The largest absolute Gasteiger partial charge is 0.389 e. The summed E-state index contributed by atoms with van der Waals surface area (Å²) in [6.45, 7) is 3.34. The van der Waals surface area contributed by atoms with E-state index in [1.54, 1.807) is 0 Å². The van der Waals surface area contributed by atoms with Gasteiger partial charge in [0.15, 0.2) is 0 Å². The van der Waals surface area contributed by atoms with E-state index in [1.165, 1.54) is 25.7 Å². The summed E-state index contributed by atoms with van der Waals surface area (Å²) in [5, 5.41) is 0.684. The molecule has 0 bridgehead atoms. The summed E-state index contributed by atoms with van der Waals surface area (Å²) in [6.07, 6.45) is 5.05. The van der Waals surface area contributed by atoms with E-state index in [2.05, 4.69) is 11.8 Å². The van der Waals surface area contributed by atoms with Crippen molar-refractivity contribution in [2.24, 2.45) is 5.73 Å². The molecule has 2 nitrogen and oxygen atoms in total. The molecule has 1 fully saturated rings. The molecule has 0 amide bonds. The van der Waals surface area contributed by atoms with Gasteiger partial charge in [0.1, 0.15) is 4.99 Å². The topological polar surface area (TPSA) is 29.3 Å². The van der Waals surface area contributed by atoms with Gasteiger partial charge in [0.05, 0.1) is 0 Å². The average Bonchev–Trinajstić information content (AvgIpc) is 2.54. The van der Waals surface area contributed by atoms with E-state index in [0.717, 1.165) is 17.8 Å². The Balaban J connectivity index is 2.39. The van der Waals surface area contributed by atoms with Crippen LogP contribution < -0.4 is 10.6 Å². The first-order valence-electron chi connectivity index (χ1n) is 6.45. The Morgan fingerprint density at radius 3 is 2.89 bits per heavy atom. The molecule has 4 heteroatoms. The highest BCUT2D eigenvalue weighted by molar-refractivity contribution is 7.80. The maximum absolute atomic E-state index is 6.03. The Morgan fingerprint density at radius 2 is 2.17 bits per heavy atom. The van der Waals surface area contributed by atoms with E-state index in [1.807, 2.05) is 18.2 Å². The van der Waals surface area contributed by atoms with Crippen molar-refractivity contribution in [3.05, 3.63) is 28.8 Å². The number of nitrogens with two attached hydrogens (primary N) is 1. The minimum absolute atomic E-state index is 0.420. The second kappa shape index (κ2) is 5.89. The van der Waals surface area contributed by atoms with E-state index < -0.39 is 0 Å². The quantitative estimate of drug-likeness (QED) is 0.838. The third-order valence-corrected chi connectivity index (χ3v) is 4.04. The first-order valence-corrected chi connectivity index (χ1v) is 7.24. The summed E-state index contributed by atoms with van der Waals surface area (Å²) in [5.41, 5.74) is 7.84. The number of benzene rings is 1. The normalized spacial score (nSPS) is 20.6. The van der Waals surface area contributed by atoms with Crippen LogP contribution in [0.2, 0.25) is 5.02 Å². The molecule has 98 valence electrons. The fourth-order valence-electron chi connectivity index (χ4n) is 2.59. The van der Waals surface area contributed by atoms with Gasteiger partial charge in [-0.15, -0.1) is 0 Å². The van der Waals surface area contributed by atoms with Gasteiger partial charge in [-0.1, -0.05) is 36.7 Å². The molecule has 2 N–H and O–H groups in total. The fourth-order valence-corrected chi connectivity index (χ4v) is 2.92. The Kier molecular flexibility index (Phi) is 4.46. The van der Waals surface area contributed by atoms with Crippen molar-refractivity contribution < 1.29 is 0 Å². The van der Waals surface area contributed by atoms with Crippen LogP contribution in [-0.4, -0.2) is 17.6 Å². The first kappa shape index (κ1) is 13.6. The number of hydrogen-bond donors (Lipinski definition) is 1. The van der Waals surface area contributed by atoms with Gasteiger partial charge in [-0.2, -0.15) is 0 Å². The van der Waals surface area contributed by atoms with Gasteiger partial charge in [-0.05, 0) is 38.0 Å². The first-order chi connectivity index (χ1) is 8.59. The summed E-state index contributed by atoms with van der Waals surface area (Å²) < 4.78 is 0. The molecule has 1 atom stereocenters. The molecule has 1 aromatic rings. The Hall–Kier alpha value is -0.800. The number of halogens is 1. The lowest BCUT2D eigenvalue weighted by atomic mass is 10.1. The lowest BCUT2D eigenvalue weighted by molar-refractivity contribution is 0.616.